The van der Waals surface area contributed by atoms with Gasteiger partial charge in [0.1, 0.15) is 5.75 Å². The molecule has 0 radical (unpaired) electrons. The van der Waals surface area contributed by atoms with Crippen molar-refractivity contribution in [1.29, 1.82) is 0 Å². The minimum Gasteiger partial charge on any atom is -0.490 e. The molecule has 1 aliphatic rings. The van der Waals surface area contributed by atoms with Gasteiger partial charge in [-0.25, -0.2) is 0 Å². The normalized spacial score (nSPS) is 15.9. The van der Waals surface area contributed by atoms with Crippen molar-refractivity contribution in [2.75, 3.05) is 0 Å². The van der Waals surface area contributed by atoms with E-state index in [9.17, 15) is 9.59 Å². The molecule has 7 heteroatoms. The summed E-state index contributed by atoms with van der Waals surface area (Å²) in [7, 11) is 0. The number of hydrogen-bond acceptors (Lipinski definition) is 4. The van der Waals surface area contributed by atoms with Gasteiger partial charge in [0.05, 0.1) is 22.0 Å². The van der Waals surface area contributed by atoms with E-state index >= 15 is 0 Å². The molecule has 0 aromatic heterocycles. The fourth-order valence-corrected chi connectivity index (χ4v) is 4.06. The molecule has 0 bridgehead atoms. The quantitative estimate of drug-likeness (QED) is 0.498. The maximum atomic E-state index is 12.7. The van der Waals surface area contributed by atoms with Crippen molar-refractivity contribution < 1.29 is 14.3 Å². The van der Waals surface area contributed by atoms with E-state index < -0.39 is 0 Å². The van der Waals surface area contributed by atoms with Gasteiger partial charge in [-0.3, -0.25) is 14.5 Å². The van der Waals surface area contributed by atoms with Crippen molar-refractivity contribution in [3.8, 4) is 5.75 Å². The number of amides is 2. The van der Waals surface area contributed by atoms with Crippen LogP contribution in [-0.4, -0.2) is 22.2 Å². The van der Waals surface area contributed by atoms with Crippen LogP contribution in [-0.2, 0) is 11.3 Å². The van der Waals surface area contributed by atoms with Crippen molar-refractivity contribution in [2.24, 2.45) is 0 Å². The van der Waals surface area contributed by atoms with E-state index in [1.807, 2.05) is 44.2 Å². The molecular formula is C20H17BrClNO3S. The van der Waals surface area contributed by atoms with Crippen molar-refractivity contribution in [3.05, 3.63) is 68.0 Å². The Labute approximate surface area is 175 Å². The number of hydrogen-bond donors (Lipinski definition) is 0. The molecule has 2 amide bonds. The lowest BCUT2D eigenvalue weighted by Crippen LogP contribution is -2.27. The summed E-state index contributed by atoms with van der Waals surface area (Å²) in [4.78, 5) is 26.6. The van der Waals surface area contributed by atoms with Crippen molar-refractivity contribution >= 4 is 56.5 Å². The van der Waals surface area contributed by atoms with Crippen molar-refractivity contribution in [3.63, 3.8) is 0 Å². The summed E-state index contributed by atoms with van der Waals surface area (Å²) in [6.45, 7) is 4.07. The first-order valence-electron chi connectivity index (χ1n) is 8.30. The van der Waals surface area contributed by atoms with E-state index in [-0.39, 0.29) is 23.8 Å². The van der Waals surface area contributed by atoms with Gasteiger partial charge in [0.25, 0.3) is 11.1 Å². The molecule has 0 aliphatic carbocycles. The molecule has 27 heavy (non-hydrogen) atoms. The fraction of sp³-hybridized carbons (Fsp3) is 0.200. The van der Waals surface area contributed by atoms with Crippen molar-refractivity contribution in [1.82, 2.24) is 4.90 Å². The third-order valence-electron chi connectivity index (χ3n) is 3.78. The third kappa shape index (κ3) is 4.75. The zero-order chi connectivity index (χ0) is 19.6. The van der Waals surface area contributed by atoms with Crippen molar-refractivity contribution in [2.45, 2.75) is 26.5 Å². The van der Waals surface area contributed by atoms with Gasteiger partial charge in [0, 0.05) is 5.02 Å². The Bertz CT molecular complexity index is 929. The van der Waals surface area contributed by atoms with Gasteiger partial charge in [-0.15, -0.1) is 0 Å². The van der Waals surface area contributed by atoms with Gasteiger partial charge in [-0.05, 0) is 76.9 Å². The summed E-state index contributed by atoms with van der Waals surface area (Å²) in [6.07, 6.45) is 1.77. The van der Waals surface area contributed by atoms with Gasteiger partial charge in [-0.1, -0.05) is 35.9 Å². The van der Waals surface area contributed by atoms with E-state index in [1.54, 1.807) is 18.2 Å². The van der Waals surface area contributed by atoms with E-state index in [0.717, 1.165) is 33.1 Å². The first-order valence-corrected chi connectivity index (χ1v) is 10.3. The Kier molecular flexibility index (Phi) is 6.29. The monoisotopic (exact) mass is 465 g/mol. The Hall–Kier alpha value is -1.76. The van der Waals surface area contributed by atoms with Crippen LogP contribution in [0.2, 0.25) is 5.02 Å². The third-order valence-corrected chi connectivity index (χ3v) is 5.67. The zero-order valence-electron chi connectivity index (χ0n) is 14.7. The largest absolute Gasteiger partial charge is 0.490 e. The molecule has 2 aromatic rings. The molecule has 1 aliphatic heterocycles. The van der Waals surface area contributed by atoms with Crippen LogP contribution in [0.1, 0.15) is 25.0 Å². The summed E-state index contributed by atoms with van der Waals surface area (Å²) in [5.41, 5.74) is 1.54. The highest BCUT2D eigenvalue weighted by Crippen LogP contribution is 2.35. The van der Waals surface area contributed by atoms with Gasteiger partial charge < -0.3 is 4.74 Å². The molecule has 1 heterocycles. The highest BCUT2D eigenvalue weighted by atomic mass is 79.9. The maximum Gasteiger partial charge on any atom is 0.293 e. The Morgan fingerprint density at radius 3 is 2.63 bits per heavy atom. The fourth-order valence-electron chi connectivity index (χ4n) is 2.54. The Balaban J connectivity index is 1.80. The minimum atomic E-state index is -0.316. The first kappa shape index (κ1) is 20.0. The molecule has 2 aromatic carbocycles. The van der Waals surface area contributed by atoms with Gasteiger partial charge in [0.15, 0.2) is 0 Å². The van der Waals surface area contributed by atoms with Crippen LogP contribution in [0.15, 0.2) is 51.8 Å². The minimum absolute atomic E-state index is 0.0634. The highest BCUT2D eigenvalue weighted by molar-refractivity contribution is 9.10. The Morgan fingerprint density at radius 2 is 1.96 bits per heavy atom. The first-order chi connectivity index (χ1) is 12.8. The van der Waals surface area contributed by atoms with E-state index in [2.05, 4.69) is 15.9 Å². The summed E-state index contributed by atoms with van der Waals surface area (Å²) >= 11 is 10.6. The molecule has 0 saturated carbocycles. The average Bonchev–Trinajstić information content (AvgIpc) is 2.86. The van der Waals surface area contributed by atoms with Crippen LogP contribution in [0.4, 0.5) is 4.79 Å². The predicted molar refractivity (Wildman–Crippen MR) is 113 cm³/mol. The number of carbonyl (C=O) groups is 2. The number of carbonyl (C=O) groups excluding carboxylic acids is 2. The molecule has 0 unspecified atom stereocenters. The van der Waals surface area contributed by atoms with Crippen LogP contribution >= 0.6 is 39.3 Å². The smallest absolute Gasteiger partial charge is 0.293 e. The molecule has 0 atom stereocenters. The lowest BCUT2D eigenvalue weighted by atomic mass is 10.2. The molecule has 3 rings (SSSR count). The summed E-state index contributed by atoms with van der Waals surface area (Å²) < 4.78 is 6.48. The molecule has 140 valence electrons. The molecule has 1 saturated heterocycles. The lowest BCUT2D eigenvalue weighted by molar-refractivity contribution is -0.123. The average molecular weight is 467 g/mol. The number of nitrogens with zero attached hydrogens (tertiary/aromatic N) is 1. The highest BCUT2D eigenvalue weighted by Gasteiger charge is 2.35. The summed E-state index contributed by atoms with van der Waals surface area (Å²) in [5, 5.41) is 0.232. The number of ether oxygens (including phenoxy) is 1. The van der Waals surface area contributed by atoms with Crippen LogP contribution in [0.3, 0.4) is 0 Å². The molecular weight excluding hydrogens is 450 g/mol. The molecule has 0 N–H and O–H groups in total. The predicted octanol–water partition coefficient (Wildman–Crippen LogP) is 6.13. The molecule has 4 nitrogen and oxygen atoms in total. The standard InChI is InChI=1S/C20H17BrClNO3S/c1-12(2)26-17-8-7-13(9-15(17)21)10-18-19(24)23(20(25)27-18)11-14-5-3-4-6-16(14)22/h3-10,12H,11H2,1-2H3/b18-10-. The lowest BCUT2D eigenvalue weighted by Gasteiger charge is -2.13. The maximum absolute atomic E-state index is 12.7. The topological polar surface area (TPSA) is 46.6 Å². The van der Waals surface area contributed by atoms with E-state index in [0.29, 0.717) is 9.93 Å². The zero-order valence-corrected chi connectivity index (χ0v) is 17.9. The second kappa shape index (κ2) is 8.50. The molecule has 0 spiro atoms. The number of imide groups is 1. The van der Waals surface area contributed by atoms with Crippen LogP contribution in [0, 0.1) is 0 Å². The number of rotatable bonds is 5. The van der Waals surface area contributed by atoms with Crippen LogP contribution < -0.4 is 4.74 Å². The van der Waals surface area contributed by atoms with Crippen LogP contribution in [0.25, 0.3) is 6.08 Å². The summed E-state index contributed by atoms with van der Waals surface area (Å²) in [5.74, 6) is 0.414. The Morgan fingerprint density at radius 1 is 1.22 bits per heavy atom. The number of thioether (sulfide) groups is 1. The van der Waals surface area contributed by atoms with Crippen LogP contribution in [0.5, 0.6) is 5.75 Å². The van der Waals surface area contributed by atoms with Gasteiger partial charge in [-0.2, -0.15) is 0 Å². The van der Waals surface area contributed by atoms with Gasteiger partial charge in [0.2, 0.25) is 0 Å². The van der Waals surface area contributed by atoms with Gasteiger partial charge >= 0.3 is 0 Å². The number of benzene rings is 2. The van der Waals surface area contributed by atoms with E-state index in [4.69, 9.17) is 16.3 Å². The second-order valence-electron chi connectivity index (χ2n) is 6.22. The molecule has 1 fully saturated rings. The SMILES string of the molecule is CC(C)Oc1ccc(/C=C2\SC(=O)N(Cc3ccccc3Cl)C2=O)cc1Br. The number of halogens is 2. The van der Waals surface area contributed by atoms with E-state index in [1.165, 1.54) is 4.90 Å². The second-order valence-corrected chi connectivity index (χ2v) is 8.47. The summed E-state index contributed by atoms with van der Waals surface area (Å²) in [6, 6.07) is 12.7.